The van der Waals surface area contributed by atoms with E-state index in [-0.39, 0.29) is 30.7 Å². The fraction of sp³-hybridized carbons (Fsp3) is 0.150. The van der Waals surface area contributed by atoms with Crippen LogP contribution < -0.4 is 4.74 Å². The number of benzene rings is 1. The SMILES string of the molecule is Cn1ncc(-c2nc(-c3ccc(Cn4cnnn4)c(F)c3)no2)c1COc1ccc(F)cn1. The van der Waals surface area contributed by atoms with Crippen molar-refractivity contribution >= 4 is 0 Å². The number of tetrazole rings is 1. The number of aryl methyl sites for hydroxylation is 1. The summed E-state index contributed by atoms with van der Waals surface area (Å²) in [5, 5.41) is 19.0. The van der Waals surface area contributed by atoms with Crippen LogP contribution in [0.15, 0.2) is 53.6 Å². The first-order valence-corrected chi connectivity index (χ1v) is 9.65. The molecule has 0 spiro atoms. The van der Waals surface area contributed by atoms with Crippen molar-refractivity contribution in [1.82, 2.24) is 45.1 Å². The van der Waals surface area contributed by atoms with Crippen LogP contribution >= 0.6 is 0 Å². The molecule has 0 radical (unpaired) electrons. The van der Waals surface area contributed by atoms with Crippen molar-refractivity contribution in [2.24, 2.45) is 7.05 Å². The van der Waals surface area contributed by atoms with Crippen LogP contribution in [-0.4, -0.2) is 45.1 Å². The van der Waals surface area contributed by atoms with Gasteiger partial charge in [-0.3, -0.25) is 4.68 Å². The molecule has 0 unspecified atom stereocenters. The van der Waals surface area contributed by atoms with Gasteiger partial charge in [0.2, 0.25) is 11.7 Å². The van der Waals surface area contributed by atoms with Gasteiger partial charge >= 0.3 is 0 Å². The van der Waals surface area contributed by atoms with E-state index in [1.165, 1.54) is 29.2 Å². The molecule has 11 nitrogen and oxygen atoms in total. The van der Waals surface area contributed by atoms with Gasteiger partial charge in [0.15, 0.2) is 0 Å². The van der Waals surface area contributed by atoms with Crippen LogP contribution in [0.25, 0.3) is 22.8 Å². The molecule has 0 bridgehead atoms. The van der Waals surface area contributed by atoms with Crippen molar-refractivity contribution in [3.05, 3.63) is 71.9 Å². The van der Waals surface area contributed by atoms with Crippen molar-refractivity contribution in [3.63, 3.8) is 0 Å². The number of hydrogen-bond donors (Lipinski definition) is 0. The molecular weight excluding hydrogens is 436 g/mol. The van der Waals surface area contributed by atoms with Crippen molar-refractivity contribution in [1.29, 1.82) is 0 Å². The Balaban J connectivity index is 1.35. The van der Waals surface area contributed by atoms with Crippen LogP contribution in [0.5, 0.6) is 5.88 Å². The van der Waals surface area contributed by atoms with E-state index in [0.29, 0.717) is 22.4 Å². The van der Waals surface area contributed by atoms with E-state index < -0.39 is 11.6 Å². The van der Waals surface area contributed by atoms with Crippen LogP contribution in [0.3, 0.4) is 0 Å². The quantitative estimate of drug-likeness (QED) is 0.367. The highest BCUT2D eigenvalue weighted by Crippen LogP contribution is 2.26. The van der Waals surface area contributed by atoms with Gasteiger partial charge in [0.05, 0.1) is 30.2 Å². The molecule has 33 heavy (non-hydrogen) atoms. The summed E-state index contributed by atoms with van der Waals surface area (Å²) in [6, 6.07) is 7.30. The second kappa shape index (κ2) is 8.53. The number of nitrogens with zero attached hydrogens (tertiary/aromatic N) is 9. The summed E-state index contributed by atoms with van der Waals surface area (Å²) in [7, 11) is 1.73. The summed E-state index contributed by atoms with van der Waals surface area (Å²) in [6.07, 6.45) is 4.03. The van der Waals surface area contributed by atoms with E-state index in [4.69, 9.17) is 9.26 Å². The highest BCUT2D eigenvalue weighted by molar-refractivity contribution is 5.61. The largest absolute Gasteiger partial charge is 0.471 e. The molecule has 0 aliphatic heterocycles. The predicted molar refractivity (Wildman–Crippen MR) is 107 cm³/mol. The third-order valence-corrected chi connectivity index (χ3v) is 4.81. The third kappa shape index (κ3) is 4.28. The van der Waals surface area contributed by atoms with E-state index >= 15 is 0 Å². The minimum absolute atomic E-state index is 0.0860. The van der Waals surface area contributed by atoms with Gasteiger partial charge in [-0.05, 0) is 22.6 Å². The first-order chi connectivity index (χ1) is 16.1. The molecule has 0 N–H and O–H groups in total. The Morgan fingerprint density at radius 3 is 2.79 bits per heavy atom. The Morgan fingerprint density at radius 1 is 1.12 bits per heavy atom. The highest BCUT2D eigenvalue weighted by atomic mass is 19.1. The number of ether oxygens (including phenoxy) is 1. The molecule has 1 aromatic carbocycles. The van der Waals surface area contributed by atoms with Crippen LogP contribution in [0, 0.1) is 11.6 Å². The Bertz CT molecular complexity index is 1380. The Kier molecular flexibility index (Phi) is 5.26. The third-order valence-electron chi connectivity index (χ3n) is 4.81. The standard InChI is InChI=1S/C20H15F2N9O2/c1-30-17(10-32-18-5-4-14(21)7-23-18)15(8-25-30)20-26-19(27-33-20)12-2-3-13(16(22)6-12)9-31-11-24-28-29-31/h2-8,11H,9-10H2,1H3. The van der Waals surface area contributed by atoms with E-state index in [9.17, 15) is 8.78 Å². The van der Waals surface area contributed by atoms with Gasteiger partial charge in [-0.15, -0.1) is 5.10 Å². The zero-order valence-electron chi connectivity index (χ0n) is 17.1. The maximum absolute atomic E-state index is 14.6. The lowest BCUT2D eigenvalue weighted by molar-refractivity contribution is 0.282. The highest BCUT2D eigenvalue weighted by Gasteiger charge is 2.19. The average Bonchev–Trinajstić information content (AvgIpc) is 3.56. The number of hydrogen-bond acceptors (Lipinski definition) is 9. The molecule has 166 valence electrons. The molecule has 13 heteroatoms. The maximum Gasteiger partial charge on any atom is 0.261 e. The van der Waals surface area contributed by atoms with Gasteiger partial charge in [0.25, 0.3) is 5.89 Å². The average molecular weight is 451 g/mol. The van der Waals surface area contributed by atoms with Crippen LogP contribution in [0.1, 0.15) is 11.3 Å². The lowest BCUT2D eigenvalue weighted by Crippen LogP contribution is -2.05. The molecule has 0 amide bonds. The van der Waals surface area contributed by atoms with Crippen molar-refractivity contribution < 1.29 is 18.0 Å². The molecule has 0 saturated heterocycles. The normalized spacial score (nSPS) is 11.1. The van der Waals surface area contributed by atoms with Gasteiger partial charge in [-0.25, -0.2) is 18.4 Å². The van der Waals surface area contributed by atoms with Crippen molar-refractivity contribution in [2.75, 3.05) is 0 Å². The summed E-state index contributed by atoms with van der Waals surface area (Å²) in [5.74, 6) is -0.235. The summed E-state index contributed by atoms with van der Waals surface area (Å²) in [5.41, 5.74) is 2.05. The minimum atomic E-state index is -0.457. The maximum atomic E-state index is 14.6. The van der Waals surface area contributed by atoms with E-state index in [0.717, 1.165) is 6.20 Å². The molecule has 0 aliphatic rings. The number of aromatic nitrogens is 9. The molecule has 4 heterocycles. The van der Waals surface area contributed by atoms with Crippen LogP contribution in [0.4, 0.5) is 8.78 Å². The van der Waals surface area contributed by atoms with Crippen molar-refractivity contribution in [3.8, 4) is 28.7 Å². The molecule has 0 saturated carbocycles. The smallest absolute Gasteiger partial charge is 0.261 e. The van der Waals surface area contributed by atoms with Crippen LogP contribution in [-0.2, 0) is 20.2 Å². The predicted octanol–water partition coefficient (Wildman–Crippen LogP) is 2.42. The van der Waals surface area contributed by atoms with Gasteiger partial charge in [0, 0.05) is 24.2 Å². The van der Waals surface area contributed by atoms with Gasteiger partial charge in [0.1, 0.15) is 24.6 Å². The molecule has 5 rings (SSSR count). The fourth-order valence-corrected chi connectivity index (χ4v) is 3.09. The van der Waals surface area contributed by atoms with Crippen molar-refractivity contribution in [2.45, 2.75) is 13.2 Å². The van der Waals surface area contributed by atoms with E-state index in [2.05, 4.69) is 35.7 Å². The molecular formula is C20H15F2N9O2. The zero-order chi connectivity index (χ0) is 22.8. The first kappa shape index (κ1) is 20.4. The summed E-state index contributed by atoms with van der Waals surface area (Å²) in [4.78, 5) is 8.25. The van der Waals surface area contributed by atoms with Gasteiger partial charge in [-0.1, -0.05) is 17.3 Å². The van der Waals surface area contributed by atoms with Gasteiger partial charge in [-0.2, -0.15) is 10.1 Å². The Hall–Kier alpha value is -4.55. The number of pyridine rings is 1. The molecule has 5 aromatic rings. The molecule has 0 atom stereocenters. The fourth-order valence-electron chi connectivity index (χ4n) is 3.09. The molecule has 4 aromatic heterocycles. The van der Waals surface area contributed by atoms with Gasteiger partial charge < -0.3 is 9.26 Å². The first-order valence-electron chi connectivity index (χ1n) is 9.65. The summed E-state index contributed by atoms with van der Waals surface area (Å²) >= 11 is 0. The second-order valence-electron chi connectivity index (χ2n) is 6.97. The topological polar surface area (TPSA) is 122 Å². The summed E-state index contributed by atoms with van der Waals surface area (Å²) < 4.78 is 41.6. The monoisotopic (exact) mass is 451 g/mol. The Labute approximate surface area is 184 Å². The van der Waals surface area contributed by atoms with E-state index in [1.54, 1.807) is 30.1 Å². The molecule has 0 fully saturated rings. The zero-order valence-corrected chi connectivity index (χ0v) is 17.1. The lowest BCUT2D eigenvalue weighted by Gasteiger charge is -2.06. The van der Waals surface area contributed by atoms with E-state index in [1.807, 2.05) is 0 Å². The number of rotatable bonds is 7. The Morgan fingerprint density at radius 2 is 2.03 bits per heavy atom. The number of halogens is 2. The second-order valence-corrected chi connectivity index (χ2v) is 6.97. The van der Waals surface area contributed by atoms with Crippen LogP contribution in [0.2, 0.25) is 0 Å². The summed E-state index contributed by atoms with van der Waals surface area (Å²) in [6.45, 7) is 0.279. The molecule has 0 aliphatic carbocycles. The lowest BCUT2D eigenvalue weighted by atomic mass is 10.1. The minimum Gasteiger partial charge on any atom is -0.471 e.